The Kier molecular flexibility index (Phi) is 5.38. The van der Waals surface area contributed by atoms with Crippen molar-refractivity contribution in [3.63, 3.8) is 0 Å². The average Bonchev–Trinajstić information content (AvgIpc) is 3.16. The SMILES string of the molecule is CNC(=O)c1nccc2nn(Cc3cnc(OCc4ccc(F)cc4)c(C)c3)cc12. The lowest BCUT2D eigenvalue weighted by Crippen LogP contribution is -2.19. The molecule has 8 heteroatoms. The third-order valence-electron chi connectivity index (χ3n) is 4.64. The number of hydrogen-bond acceptors (Lipinski definition) is 5. The van der Waals surface area contributed by atoms with Gasteiger partial charge >= 0.3 is 0 Å². The quantitative estimate of drug-likeness (QED) is 0.533. The van der Waals surface area contributed by atoms with Gasteiger partial charge in [0.2, 0.25) is 5.88 Å². The Labute approximate surface area is 172 Å². The van der Waals surface area contributed by atoms with E-state index in [-0.39, 0.29) is 11.7 Å². The largest absolute Gasteiger partial charge is 0.473 e. The van der Waals surface area contributed by atoms with E-state index in [9.17, 15) is 9.18 Å². The summed E-state index contributed by atoms with van der Waals surface area (Å²) in [5.74, 6) is 0.00189. The predicted molar refractivity (Wildman–Crippen MR) is 110 cm³/mol. The number of benzene rings is 1. The number of hydrogen-bond donors (Lipinski definition) is 1. The fraction of sp³-hybridized carbons (Fsp3) is 0.182. The van der Waals surface area contributed by atoms with Crippen LogP contribution in [0.3, 0.4) is 0 Å². The summed E-state index contributed by atoms with van der Waals surface area (Å²) in [7, 11) is 1.57. The maximum Gasteiger partial charge on any atom is 0.270 e. The minimum absolute atomic E-state index is 0.250. The van der Waals surface area contributed by atoms with Crippen LogP contribution in [0.2, 0.25) is 0 Å². The zero-order chi connectivity index (χ0) is 21.1. The van der Waals surface area contributed by atoms with Crippen LogP contribution in [0.5, 0.6) is 5.88 Å². The zero-order valence-electron chi connectivity index (χ0n) is 16.6. The molecule has 3 aromatic heterocycles. The highest BCUT2D eigenvalue weighted by molar-refractivity contribution is 6.03. The van der Waals surface area contributed by atoms with Crippen molar-refractivity contribution in [2.24, 2.45) is 0 Å². The first-order chi connectivity index (χ1) is 14.5. The second-order valence-electron chi connectivity index (χ2n) is 6.88. The van der Waals surface area contributed by atoms with Gasteiger partial charge in [-0.1, -0.05) is 12.1 Å². The van der Waals surface area contributed by atoms with Crippen LogP contribution in [0.4, 0.5) is 4.39 Å². The van der Waals surface area contributed by atoms with E-state index in [4.69, 9.17) is 4.74 Å². The summed E-state index contributed by atoms with van der Waals surface area (Å²) >= 11 is 0. The smallest absolute Gasteiger partial charge is 0.270 e. The third kappa shape index (κ3) is 4.12. The highest BCUT2D eigenvalue weighted by Gasteiger charge is 2.13. The maximum atomic E-state index is 13.0. The van der Waals surface area contributed by atoms with E-state index in [1.807, 2.05) is 13.0 Å². The molecule has 0 bridgehead atoms. The average molecular weight is 405 g/mol. The van der Waals surface area contributed by atoms with Crippen molar-refractivity contribution in [2.75, 3.05) is 7.05 Å². The van der Waals surface area contributed by atoms with Gasteiger partial charge in [-0.25, -0.2) is 9.37 Å². The molecule has 0 saturated carbocycles. The zero-order valence-corrected chi connectivity index (χ0v) is 16.6. The van der Waals surface area contributed by atoms with Crippen LogP contribution in [0.15, 0.2) is 55.0 Å². The summed E-state index contributed by atoms with van der Waals surface area (Å²) in [6.07, 6.45) is 5.11. The van der Waals surface area contributed by atoms with Crippen molar-refractivity contribution in [1.29, 1.82) is 0 Å². The lowest BCUT2D eigenvalue weighted by atomic mass is 10.2. The third-order valence-corrected chi connectivity index (χ3v) is 4.64. The number of fused-ring (bicyclic) bond motifs is 1. The molecule has 0 aliphatic carbocycles. The number of aryl methyl sites for hydroxylation is 1. The first-order valence-corrected chi connectivity index (χ1v) is 9.40. The van der Waals surface area contributed by atoms with E-state index in [2.05, 4.69) is 20.4 Å². The molecule has 152 valence electrons. The van der Waals surface area contributed by atoms with E-state index in [1.165, 1.54) is 12.1 Å². The molecule has 0 radical (unpaired) electrons. The molecule has 1 amide bonds. The molecule has 0 aliphatic heterocycles. The number of nitrogens with zero attached hydrogens (tertiary/aromatic N) is 4. The number of rotatable bonds is 6. The van der Waals surface area contributed by atoms with Gasteiger partial charge in [-0.3, -0.25) is 14.5 Å². The topological polar surface area (TPSA) is 81.9 Å². The molecule has 30 heavy (non-hydrogen) atoms. The fourth-order valence-corrected chi connectivity index (χ4v) is 3.15. The van der Waals surface area contributed by atoms with Gasteiger partial charge in [-0.15, -0.1) is 0 Å². The standard InChI is InChI=1S/C22H20FN5O2/c1-14-9-16(10-26-22(14)30-13-15-3-5-17(23)6-4-15)11-28-12-18-19(27-28)7-8-25-20(18)21(29)24-2/h3-10,12H,11,13H2,1-2H3,(H,24,29). The predicted octanol–water partition coefficient (Wildman–Crippen LogP) is 3.26. The first kappa shape index (κ1) is 19.5. The van der Waals surface area contributed by atoms with Crippen molar-refractivity contribution in [1.82, 2.24) is 25.1 Å². The van der Waals surface area contributed by atoms with E-state index in [0.29, 0.717) is 35.6 Å². The van der Waals surface area contributed by atoms with E-state index >= 15 is 0 Å². The van der Waals surface area contributed by atoms with Gasteiger partial charge in [0, 0.05) is 31.2 Å². The Hall–Kier alpha value is -3.81. The molecule has 0 spiro atoms. The van der Waals surface area contributed by atoms with Crippen LogP contribution in [-0.2, 0) is 13.2 Å². The summed E-state index contributed by atoms with van der Waals surface area (Å²) in [4.78, 5) is 20.6. The van der Waals surface area contributed by atoms with Crippen LogP contribution in [0, 0.1) is 12.7 Å². The molecular formula is C22H20FN5O2. The summed E-state index contributed by atoms with van der Waals surface area (Å²) in [5.41, 5.74) is 3.75. The second-order valence-corrected chi connectivity index (χ2v) is 6.88. The van der Waals surface area contributed by atoms with Gasteiger partial charge in [0.1, 0.15) is 18.1 Å². The monoisotopic (exact) mass is 405 g/mol. The Morgan fingerprint density at radius 3 is 2.70 bits per heavy atom. The number of nitrogens with one attached hydrogen (secondary N) is 1. The molecule has 7 nitrogen and oxygen atoms in total. The van der Waals surface area contributed by atoms with Gasteiger partial charge in [-0.2, -0.15) is 5.10 Å². The Morgan fingerprint density at radius 1 is 1.17 bits per heavy atom. The summed E-state index contributed by atoms with van der Waals surface area (Å²) in [6.45, 7) is 2.73. The van der Waals surface area contributed by atoms with Crippen molar-refractivity contribution in [3.05, 3.63) is 83.2 Å². The number of carbonyl (C=O) groups is 1. The molecule has 1 N–H and O–H groups in total. The molecule has 0 atom stereocenters. The van der Waals surface area contributed by atoms with Crippen molar-refractivity contribution < 1.29 is 13.9 Å². The van der Waals surface area contributed by atoms with Crippen molar-refractivity contribution in [3.8, 4) is 5.88 Å². The molecule has 4 rings (SSSR count). The van der Waals surface area contributed by atoms with Gasteiger partial charge in [0.05, 0.1) is 17.4 Å². The number of pyridine rings is 2. The number of aromatic nitrogens is 4. The molecule has 0 saturated heterocycles. The highest BCUT2D eigenvalue weighted by Crippen LogP contribution is 2.20. The molecular weight excluding hydrogens is 385 g/mol. The molecule has 1 aromatic carbocycles. The summed E-state index contributed by atoms with van der Waals surface area (Å²) in [6, 6.07) is 9.93. The van der Waals surface area contributed by atoms with Gasteiger partial charge in [0.25, 0.3) is 5.91 Å². The van der Waals surface area contributed by atoms with Crippen LogP contribution in [0.25, 0.3) is 10.9 Å². The number of amides is 1. The van der Waals surface area contributed by atoms with Crippen LogP contribution in [0.1, 0.15) is 27.2 Å². The Morgan fingerprint density at radius 2 is 1.97 bits per heavy atom. The van der Waals surface area contributed by atoms with Gasteiger partial charge in [-0.05, 0) is 42.3 Å². The van der Waals surface area contributed by atoms with E-state index < -0.39 is 0 Å². The maximum absolute atomic E-state index is 13.0. The molecule has 0 fully saturated rings. The second kappa shape index (κ2) is 8.28. The minimum atomic E-state index is -0.276. The van der Waals surface area contributed by atoms with Crippen LogP contribution in [-0.4, -0.2) is 32.7 Å². The van der Waals surface area contributed by atoms with Crippen molar-refractivity contribution >= 4 is 16.8 Å². The Balaban J connectivity index is 1.49. The van der Waals surface area contributed by atoms with Crippen LogP contribution >= 0.6 is 0 Å². The summed E-state index contributed by atoms with van der Waals surface area (Å²) < 4.78 is 20.5. The number of halogens is 1. The lowest BCUT2D eigenvalue weighted by Gasteiger charge is -2.10. The minimum Gasteiger partial charge on any atom is -0.473 e. The molecule has 4 aromatic rings. The number of carbonyl (C=O) groups excluding carboxylic acids is 1. The fourth-order valence-electron chi connectivity index (χ4n) is 3.15. The lowest BCUT2D eigenvalue weighted by molar-refractivity contribution is 0.0960. The van der Waals surface area contributed by atoms with Crippen molar-refractivity contribution in [2.45, 2.75) is 20.1 Å². The molecule has 0 unspecified atom stereocenters. The van der Waals surface area contributed by atoms with Crippen LogP contribution < -0.4 is 10.1 Å². The first-order valence-electron chi connectivity index (χ1n) is 9.40. The molecule has 0 aliphatic rings. The normalized spacial score (nSPS) is 10.9. The summed E-state index contributed by atoms with van der Waals surface area (Å²) in [5, 5.41) is 7.81. The van der Waals surface area contributed by atoms with E-state index in [0.717, 1.165) is 16.7 Å². The Bertz CT molecular complexity index is 1200. The van der Waals surface area contributed by atoms with E-state index in [1.54, 1.807) is 48.5 Å². The van der Waals surface area contributed by atoms with Gasteiger partial charge < -0.3 is 10.1 Å². The van der Waals surface area contributed by atoms with Gasteiger partial charge in [0.15, 0.2) is 0 Å². The molecule has 3 heterocycles. The highest BCUT2D eigenvalue weighted by atomic mass is 19.1. The number of ether oxygens (including phenoxy) is 1.